The molecule has 0 fully saturated rings. The predicted octanol–water partition coefficient (Wildman–Crippen LogP) is 1.26. The van der Waals surface area contributed by atoms with Crippen LogP contribution in [0.25, 0.3) is 0 Å². The Kier molecular flexibility index (Phi) is 3.30. The minimum atomic E-state index is -0.590. The summed E-state index contributed by atoms with van der Waals surface area (Å²) in [7, 11) is 1.27. The van der Waals surface area contributed by atoms with E-state index in [0.29, 0.717) is 10.6 Å². The zero-order valence-corrected chi connectivity index (χ0v) is 7.63. The first-order chi connectivity index (χ1) is 6.24. The van der Waals surface area contributed by atoms with E-state index in [1.165, 1.54) is 13.3 Å². The normalized spacial score (nSPS) is 8.46. The van der Waals surface area contributed by atoms with Crippen LogP contribution in [0.5, 0.6) is 0 Å². The number of aromatic nitrogens is 1. The lowest BCUT2D eigenvalue weighted by Gasteiger charge is -1.91. The van der Waals surface area contributed by atoms with Crippen LogP contribution in [0.4, 0.5) is 0 Å². The van der Waals surface area contributed by atoms with Crippen LogP contribution >= 0.6 is 11.6 Å². The summed E-state index contributed by atoms with van der Waals surface area (Å²) in [6.45, 7) is 0. The minimum absolute atomic E-state index is 0.416. The van der Waals surface area contributed by atoms with Crippen molar-refractivity contribution in [1.29, 1.82) is 0 Å². The van der Waals surface area contributed by atoms with Gasteiger partial charge in [-0.2, -0.15) is 0 Å². The van der Waals surface area contributed by atoms with Crippen molar-refractivity contribution in [3.8, 4) is 11.8 Å². The first-order valence-electron chi connectivity index (χ1n) is 3.43. The number of nitrogens with zero attached hydrogens (tertiary/aromatic N) is 1. The molecule has 4 heteroatoms. The van der Waals surface area contributed by atoms with Crippen molar-refractivity contribution in [3.05, 3.63) is 29.0 Å². The molecule has 0 aromatic carbocycles. The molecule has 0 aliphatic rings. The standard InChI is InChI=1S/C9H6ClNO2/c1-13-9(12)3-2-7-4-5-11-6-8(7)10/h4-6H,1H3. The fraction of sp³-hybridized carbons (Fsp3) is 0.111. The van der Waals surface area contributed by atoms with Crippen molar-refractivity contribution in [1.82, 2.24) is 4.98 Å². The Balaban J connectivity index is 2.89. The van der Waals surface area contributed by atoms with E-state index in [1.54, 1.807) is 12.3 Å². The molecule has 1 rings (SSSR count). The third kappa shape index (κ3) is 2.77. The molecule has 0 amide bonds. The Bertz CT molecular complexity index is 379. The molecular formula is C9H6ClNO2. The molecule has 0 saturated heterocycles. The molecule has 0 aliphatic carbocycles. The lowest BCUT2D eigenvalue weighted by atomic mass is 10.3. The molecule has 0 saturated carbocycles. The topological polar surface area (TPSA) is 39.2 Å². The smallest absolute Gasteiger partial charge is 0.384 e. The highest BCUT2D eigenvalue weighted by molar-refractivity contribution is 6.31. The van der Waals surface area contributed by atoms with Crippen LogP contribution in [-0.2, 0) is 9.53 Å². The van der Waals surface area contributed by atoms with Gasteiger partial charge in [-0.05, 0) is 6.07 Å². The summed E-state index contributed by atoms with van der Waals surface area (Å²) < 4.78 is 4.34. The fourth-order valence-corrected chi connectivity index (χ4v) is 0.813. The number of pyridine rings is 1. The molecule has 0 aliphatic heterocycles. The molecule has 0 spiro atoms. The van der Waals surface area contributed by atoms with Gasteiger partial charge in [0, 0.05) is 23.9 Å². The molecule has 0 N–H and O–H groups in total. The number of methoxy groups -OCH3 is 1. The maximum Gasteiger partial charge on any atom is 0.384 e. The molecule has 1 aromatic rings. The number of hydrogen-bond acceptors (Lipinski definition) is 3. The summed E-state index contributed by atoms with van der Waals surface area (Å²) in [6.07, 6.45) is 3.01. The highest BCUT2D eigenvalue weighted by Crippen LogP contribution is 2.10. The van der Waals surface area contributed by atoms with E-state index in [9.17, 15) is 4.79 Å². The van der Waals surface area contributed by atoms with E-state index in [1.807, 2.05) is 0 Å². The Morgan fingerprint density at radius 1 is 1.69 bits per heavy atom. The SMILES string of the molecule is COC(=O)C#Cc1ccncc1Cl. The van der Waals surface area contributed by atoms with Gasteiger partial charge in [-0.1, -0.05) is 17.5 Å². The quantitative estimate of drug-likeness (QED) is 0.462. The van der Waals surface area contributed by atoms with Crippen LogP contribution in [0.3, 0.4) is 0 Å². The van der Waals surface area contributed by atoms with E-state index < -0.39 is 5.97 Å². The molecule has 0 atom stereocenters. The molecule has 3 nitrogen and oxygen atoms in total. The molecule has 0 unspecified atom stereocenters. The summed E-state index contributed by atoms with van der Waals surface area (Å²) in [4.78, 5) is 14.4. The van der Waals surface area contributed by atoms with Crippen LogP contribution in [-0.4, -0.2) is 18.1 Å². The van der Waals surface area contributed by atoms with E-state index >= 15 is 0 Å². The average molecular weight is 196 g/mol. The van der Waals surface area contributed by atoms with Crippen molar-refractivity contribution >= 4 is 17.6 Å². The molecule has 0 bridgehead atoms. The summed E-state index contributed by atoms with van der Waals surface area (Å²) in [5.41, 5.74) is 0.557. The molecule has 0 radical (unpaired) electrons. The average Bonchev–Trinajstić information content (AvgIpc) is 2.16. The van der Waals surface area contributed by atoms with Gasteiger partial charge in [0.05, 0.1) is 12.1 Å². The van der Waals surface area contributed by atoms with Crippen LogP contribution in [0.2, 0.25) is 5.02 Å². The number of carbonyl (C=O) groups is 1. The van der Waals surface area contributed by atoms with Gasteiger partial charge in [-0.3, -0.25) is 4.98 Å². The predicted molar refractivity (Wildman–Crippen MR) is 48.1 cm³/mol. The fourth-order valence-electron chi connectivity index (χ4n) is 0.646. The molecule has 1 heterocycles. The van der Waals surface area contributed by atoms with Crippen molar-refractivity contribution in [2.45, 2.75) is 0 Å². The Hall–Kier alpha value is -1.53. The maximum atomic E-state index is 10.6. The largest absolute Gasteiger partial charge is 0.459 e. The second kappa shape index (κ2) is 4.48. The van der Waals surface area contributed by atoms with Gasteiger partial charge in [-0.25, -0.2) is 4.79 Å². The van der Waals surface area contributed by atoms with Crippen LogP contribution in [0.1, 0.15) is 5.56 Å². The van der Waals surface area contributed by atoms with Gasteiger partial charge in [0.15, 0.2) is 0 Å². The molecule has 66 valence electrons. The van der Waals surface area contributed by atoms with Crippen LogP contribution < -0.4 is 0 Å². The molecule has 13 heavy (non-hydrogen) atoms. The first kappa shape index (κ1) is 9.56. The minimum Gasteiger partial charge on any atom is -0.459 e. The summed E-state index contributed by atoms with van der Waals surface area (Å²) in [5.74, 6) is 4.24. The number of esters is 1. The van der Waals surface area contributed by atoms with E-state index in [4.69, 9.17) is 11.6 Å². The van der Waals surface area contributed by atoms with Crippen molar-refractivity contribution in [3.63, 3.8) is 0 Å². The zero-order chi connectivity index (χ0) is 9.68. The lowest BCUT2D eigenvalue weighted by Crippen LogP contribution is -1.94. The zero-order valence-electron chi connectivity index (χ0n) is 6.87. The molecular weight excluding hydrogens is 190 g/mol. The third-order valence-corrected chi connectivity index (χ3v) is 1.56. The maximum absolute atomic E-state index is 10.6. The number of halogens is 1. The van der Waals surface area contributed by atoms with Gasteiger partial charge >= 0.3 is 5.97 Å². The summed E-state index contributed by atoms with van der Waals surface area (Å²) >= 11 is 5.73. The number of carbonyl (C=O) groups excluding carboxylic acids is 1. The van der Waals surface area contributed by atoms with Crippen molar-refractivity contribution in [2.24, 2.45) is 0 Å². The molecule has 1 aromatic heterocycles. The van der Waals surface area contributed by atoms with Crippen molar-refractivity contribution in [2.75, 3.05) is 7.11 Å². The summed E-state index contributed by atoms with van der Waals surface area (Å²) in [6, 6.07) is 1.62. The van der Waals surface area contributed by atoms with Crippen LogP contribution in [0.15, 0.2) is 18.5 Å². The number of ether oxygens (including phenoxy) is 1. The highest BCUT2D eigenvalue weighted by atomic mass is 35.5. The Labute approximate surface area is 80.7 Å². The van der Waals surface area contributed by atoms with Crippen LogP contribution in [0, 0.1) is 11.8 Å². The highest BCUT2D eigenvalue weighted by Gasteiger charge is 1.95. The third-order valence-electron chi connectivity index (χ3n) is 1.26. The lowest BCUT2D eigenvalue weighted by molar-refractivity contribution is -0.133. The number of hydrogen-bond donors (Lipinski definition) is 0. The van der Waals surface area contributed by atoms with Crippen molar-refractivity contribution < 1.29 is 9.53 Å². The van der Waals surface area contributed by atoms with E-state index in [2.05, 4.69) is 21.6 Å². The van der Waals surface area contributed by atoms with Gasteiger partial charge in [0.25, 0.3) is 0 Å². The van der Waals surface area contributed by atoms with Gasteiger partial charge in [0.1, 0.15) is 0 Å². The Morgan fingerprint density at radius 3 is 3.08 bits per heavy atom. The van der Waals surface area contributed by atoms with Gasteiger partial charge < -0.3 is 4.74 Å². The Morgan fingerprint density at radius 2 is 2.46 bits per heavy atom. The van der Waals surface area contributed by atoms with Gasteiger partial charge in [-0.15, -0.1) is 0 Å². The second-order valence-electron chi connectivity index (χ2n) is 2.10. The number of rotatable bonds is 0. The van der Waals surface area contributed by atoms with E-state index in [0.717, 1.165) is 0 Å². The first-order valence-corrected chi connectivity index (χ1v) is 3.81. The van der Waals surface area contributed by atoms with Gasteiger partial charge in [0.2, 0.25) is 0 Å². The van der Waals surface area contributed by atoms with E-state index in [-0.39, 0.29) is 0 Å². The summed E-state index contributed by atoms with van der Waals surface area (Å²) in [5, 5.41) is 0.416. The monoisotopic (exact) mass is 195 g/mol. The second-order valence-corrected chi connectivity index (χ2v) is 2.50.